The number of fused-ring (bicyclic) bond motifs is 1. The summed E-state index contributed by atoms with van der Waals surface area (Å²) < 4.78 is 1.29. The Morgan fingerprint density at radius 1 is 1.53 bits per heavy atom. The zero-order valence-electron chi connectivity index (χ0n) is 7.90. The maximum atomic E-state index is 11.7. The maximum absolute atomic E-state index is 11.7. The summed E-state index contributed by atoms with van der Waals surface area (Å²) in [6.07, 6.45) is 1.99. The van der Waals surface area contributed by atoms with Crippen molar-refractivity contribution in [2.45, 2.75) is 6.92 Å². The minimum atomic E-state index is -0.444. The molecule has 0 bridgehead atoms. The lowest BCUT2D eigenvalue weighted by Crippen LogP contribution is -2.19. The third-order valence-corrected chi connectivity index (χ3v) is 2.38. The van der Waals surface area contributed by atoms with Crippen LogP contribution in [0.4, 0.5) is 0 Å². The van der Waals surface area contributed by atoms with Crippen molar-refractivity contribution >= 4 is 23.5 Å². The third-order valence-electron chi connectivity index (χ3n) is 2.09. The topological polar surface area (TPSA) is 51.4 Å². The number of pyridine rings is 1. The number of aryl methyl sites for hydroxylation is 1. The molecular weight excluding hydrogens is 216 g/mol. The van der Waals surface area contributed by atoms with E-state index in [1.165, 1.54) is 4.40 Å². The monoisotopic (exact) mass is 222 g/mol. The Morgan fingerprint density at radius 2 is 2.27 bits per heavy atom. The highest BCUT2D eigenvalue weighted by molar-refractivity contribution is 6.31. The van der Waals surface area contributed by atoms with Crippen LogP contribution in [0.2, 0.25) is 5.15 Å². The Bertz CT molecular complexity index is 604. The van der Waals surface area contributed by atoms with E-state index >= 15 is 0 Å². The van der Waals surface area contributed by atoms with Gasteiger partial charge in [-0.3, -0.25) is 14.0 Å². The van der Waals surface area contributed by atoms with Crippen molar-refractivity contribution in [3.8, 4) is 0 Å². The van der Waals surface area contributed by atoms with Crippen molar-refractivity contribution in [2.75, 3.05) is 0 Å². The van der Waals surface area contributed by atoms with Crippen LogP contribution in [0.3, 0.4) is 0 Å². The first kappa shape index (κ1) is 9.86. The van der Waals surface area contributed by atoms with Crippen molar-refractivity contribution in [3.63, 3.8) is 0 Å². The molecule has 2 aromatic heterocycles. The number of rotatable bonds is 1. The summed E-state index contributed by atoms with van der Waals surface area (Å²) in [6, 6.07) is 3.49. The Balaban J connectivity index is 2.97. The molecule has 76 valence electrons. The molecule has 0 atom stereocenters. The molecule has 0 spiro atoms. The van der Waals surface area contributed by atoms with E-state index in [9.17, 15) is 9.59 Å². The molecule has 0 amide bonds. The van der Waals surface area contributed by atoms with E-state index in [1.54, 1.807) is 18.3 Å². The molecule has 0 aromatic carbocycles. The second-order valence-corrected chi connectivity index (χ2v) is 3.53. The highest BCUT2D eigenvalue weighted by atomic mass is 35.5. The largest absolute Gasteiger partial charge is 0.298 e. The molecule has 15 heavy (non-hydrogen) atoms. The summed E-state index contributed by atoms with van der Waals surface area (Å²) in [5, 5.41) is -0.0550. The van der Waals surface area contributed by atoms with E-state index in [-0.39, 0.29) is 10.7 Å². The average Bonchev–Trinajstić information content (AvgIpc) is 2.17. The fourth-order valence-corrected chi connectivity index (χ4v) is 1.54. The first-order chi connectivity index (χ1) is 7.13. The van der Waals surface area contributed by atoms with Gasteiger partial charge in [0.2, 0.25) is 0 Å². The fraction of sp³-hybridized carbons (Fsp3) is 0.100. The predicted octanol–water partition coefficient (Wildman–Crippen LogP) is 1.47. The smallest absolute Gasteiger partial charge is 0.270 e. The molecule has 0 fully saturated rings. The van der Waals surface area contributed by atoms with Crippen LogP contribution in [0.5, 0.6) is 0 Å². The first-order valence-electron chi connectivity index (χ1n) is 4.27. The van der Waals surface area contributed by atoms with Crippen molar-refractivity contribution in [2.24, 2.45) is 0 Å². The SMILES string of the molecule is Cc1ccn2c(=O)c(C=O)c(Cl)nc2c1. The second kappa shape index (κ2) is 3.47. The van der Waals surface area contributed by atoms with E-state index in [2.05, 4.69) is 4.98 Å². The molecule has 0 saturated heterocycles. The van der Waals surface area contributed by atoms with Gasteiger partial charge in [-0.15, -0.1) is 0 Å². The molecule has 0 radical (unpaired) electrons. The summed E-state index contributed by atoms with van der Waals surface area (Å²) >= 11 is 5.71. The molecule has 2 heterocycles. The maximum Gasteiger partial charge on any atom is 0.270 e. The molecule has 5 heteroatoms. The van der Waals surface area contributed by atoms with Gasteiger partial charge in [0.15, 0.2) is 6.29 Å². The summed E-state index contributed by atoms with van der Waals surface area (Å²) in [7, 11) is 0. The Hall–Kier alpha value is -1.68. The van der Waals surface area contributed by atoms with Crippen LogP contribution < -0.4 is 5.56 Å². The Kier molecular flexibility index (Phi) is 2.28. The lowest BCUT2D eigenvalue weighted by Gasteiger charge is -2.02. The van der Waals surface area contributed by atoms with Gasteiger partial charge < -0.3 is 0 Å². The predicted molar refractivity (Wildman–Crippen MR) is 56.6 cm³/mol. The standard InChI is InChI=1S/C10H7ClN2O2/c1-6-2-3-13-8(4-6)12-9(11)7(5-14)10(13)15/h2-5H,1H3. The normalized spacial score (nSPS) is 10.5. The van der Waals surface area contributed by atoms with E-state index in [4.69, 9.17) is 11.6 Å². The summed E-state index contributed by atoms with van der Waals surface area (Å²) in [5.41, 5.74) is 0.852. The zero-order chi connectivity index (χ0) is 11.0. The summed E-state index contributed by atoms with van der Waals surface area (Å²) in [5.74, 6) is 0. The molecule has 0 unspecified atom stereocenters. The van der Waals surface area contributed by atoms with Gasteiger partial charge in [-0.25, -0.2) is 4.98 Å². The number of carbonyl (C=O) groups excluding carboxylic acids is 1. The van der Waals surface area contributed by atoms with E-state index < -0.39 is 5.56 Å². The van der Waals surface area contributed by atoms with Crippen molar-refractivity contribution in [3.05, 3.63) is 45.0 Å². The van der Waals surface area contributed by atoms with Gasteiger partial charge in [-0.05, 0) is 24.6 Å². The Morgan fingerprint density at radius 3 is 2.93 bits per heavy atom. The van der Waals surface area contributed by atoms with Crippen LogP contribution in [0.15, 0.2) is 23.1 Å². The quantitative estimate of drug-likeness (QED) is 0.542. The van der Waals surface area contributed by atoms with Crippen molar-refractivity contribution in [1.82, 2.24) is 9.38 Å². The molecule has 0 saturated carbocycles. The second-order valence-electron chi connectivity index (χ2n) is 3.17. The number of nitrogens with zero attached hydrogens (tertiary/aromatic N) is 2. The summed E-state index contributed by atoms with van der Waals surface area (Å²) in [4.78, 5) is 26.3. The van der Waals surface area contributed by atoms with Gasteiger partial charge in [0.25, 0.3) is 5.56 Å². The van der Waals surface area contributed by atoms with Gasteiger partial charge in [0, 0.05) is 6.20 Å². The molecular formula is C10H7ClN2O2. The van der Waals surface area contributed by atoms with E-state index in [1.807, 2.05) is 6.92 Å². The molecule has 4 nitrogen and oxygen atoms in total. The first-order valence-corrected chi connectivity index (χ1v) is 4.65. The van der Waals surface area contributed by atoms with E-state index in [0.717, 1.165) is 5.56 Å². The zero-order valence-corrected chi connectivity index (χ0v) is 8.65. The highest BCUT2D eigenvalue weighted by Gasteiger charge is 2.09. The van der Waals surface area contributed by atoms with Gasteiger partial charge >= 0.3 is 0 Å². The van der Waals surface area contributed by atoms with Crippen molar-refractivity contribution in [1.29, 1.82) is 0 Å². The van der Waals surface area contributed by atoms with Crippen molar-refractivity contribution < 1.29 is 4.79 Å². The average molecular weight is 223 g/mol. The summed E-state index contributed by atoms with van der Waals surface area (Å²) in [6.45, 7) is 1.88. The third kappa shape index (κ3) is 1.53. The van der Waals surface area contributed by atoms with Gasteiger partial charge in [-0.1, -0.05) is 11.6 Å². The molecule has 2 rings (SSSR count). The van der Waals surface area contributed by atoms with Crippen LogP contribution in [-0.2, 0) is 0 Å². The molecule has 0 aliphatic rings. The molecule has 2 aromatic rings. The highest BCUT2D eigenvalue weighted by Crippen LogP contribution is 2.09. The molecule has 0 N–H and O–H groups in total. The van der Waals surface area contributed by atoms with Gasteiger partial charge in [0.05, 0.1) is 0 Å². The number of hydrogen-bond acceptors (Lipinski definition) is 3. The lowest BCUT2D eigenvalue weighted by molar-refractivity contribution is 0.112. The van der Waals surface area contributed by atoms with Crippen LogP contribution in [0.1, 0.15) is 15.9 Å². The number of halogens is 1. The number of aromatic nitrogens is 2. The minimum Gasteiger partial charge on any atom is -0.298 e. The van der Waals surface area contributed by atoms with Crippen LogP contribution in [-0.4, -0.2) is 15.7 Å². The number of hydrogen-bond donors (Lipinski definition) is 0. The molecule has 0 aliphatic carbocycles. The fourth-order valence-electron chi connectivity index (χ4n) is 1.33. The van der Waals surface area contributed by atoms with Crippen LogP contribution >= 0.6 is 11.6 Å². The van der Waals surface area contributed by atoms with Gasteiger partial charge in [-0.2, -0.15) is 0 Å². The Labute approximate surface area is 90.1 Å². The van der Waals surface area contributed by atoms with Crippen LogP contribution in [0.25, 0.3) is 5.65 Å². The lowest BCUT2D eigenvalue weighted by atomic mass is 10.3. The van der Waals surface area contributed by atoms with E-state index in [0.29, 0.717) is 11.9 Å². The van der Waals surface area contributed by atoms with Crippen LogP contribution in [0, 0.1) is 6.92 Å². The molecule has 0 aliphatic heterocycles. The number of carbonyl (C=O) groups is 1. The minimum absolute atomic E-state index is 0.0550. The number of aldehydes is 1. The van der Waals surface area contributed by atoms with Gasteiger partial charge in [0.1, 0.15) is 16.4 Å².